The van der Waals surface area contributed by atoms with E-state index >= 15 is 0 Å². The van der Waals surface area contributed by atoms with Gasteiger partial charge in [-0.1, -0.05) is 12.1 Å². The van der Waals surface area contributed by atoms with E-state index in [1.165, 1.54) is 0 Å². The number of fused-ring (bicyclic) bond motifs is 1. The summed E-state index contributed by atoms with van der Waals surface area (Å²) in [7, 11) is 1.89. The number of para-hydroxylation sites is 1. The minimum absolute atomic E-state index is 0.602. The molecule has 1 N–H and O–H groups in total. The molecule has 4 nitrogen and oxygen atoms in total. The van der Waals surface area contributed by atoms with E-state index < -0.39 is 6.10 Å². The molecule has 2 heterocycles. The molecule has 1 unspecified atom stereocenters. The Morgan fingerprint density at radius 2 is 2.30 bits per heavy atom. The molecule has 1 aromatic carbocycles. The van der Waals surface area contributed by atoms with E-state index in [0.717, 1.165) is 27.4 Å². The Morgan fingerprint density at radius 3 is 3.00 bits per heavy atom. The Balaban J connectivity index is 1.75. The zero-order valence-electron chi connectivity index (χ0n) is 11.1. The van der Waals surface area contributed by atoms with Gasteiger partial charge in [0.25, 0.3) is 0 Å². The van der Waals surface area contributed by atoms with Gasteiger partial charge in [0.15, 0.2) is 0 Å². The highest BCUT2D eigenvalue weighted by Crippen LogP contribution is 2.31. The predicted octanol–water partition coefficient (Wildman–Crippen LogP) is 3.60. The van der Waals surface area contributed by atoms with Crippen molar-refractivity contribution >= 4 is 26.9 Å². The first-order chi connectivity index (χ1) is 9.63. The summed E-state index contributed by atoms with van der Waals surface area (Å²) >= 11 is 3.45. The number of halogens is 1. The van der Waals surface area contributed by atoms with Gasteiger partial charge in [0, 0.05) is 18.6 Å². The number of hydrogen-bond acceptors (Lipinski definition) is 3. The molecule has 2 aromatic heterocycles. The van der Waals surface area contributed by atoms with Crippen molar-refractivity contribution in [1.29, 1.82) is 0 Å². The summed E-state index contributed by atoms with van der Waals surface area (Å²) in [6.07, 6.45) is 4.56. The first kappa shape index (κ1) is 13.4. The van der Waals surface area contributed by atoms with E-state index in [-0.39, 0.29) is 0 Å². The van der Waals surface area contributed by atoms with Crippen molar-refractivity contribution in [2.75, 3.05) is 0 Å². The largest absolute Gasteiger partial charge is 0.457 e. The van der Waals surface area contributed by atoms with E-state index in [2.05, 4.69) is 21.0 Å². The number of aliphatic hydroxyl groups excluding tert-OH is 1. The molecule has 0 bridgehead atoms. The lowest BCUT2D eigenvalue weighted by Gasteiger charge is -2.05. The second-order valence-electron chi connectivity index (χ2n) is 4.88. The third kappa shape index (κ3) is 2.64. The van der Waals surface area contributed by atoms with Crippen molar-refractivity contribution in [3.63, 3.8) is 0 Å². The molecule has 20 heavy (non-hydrogen) atoms. The summed E-state index contributed by atoms with van der Waals surface area (Å²) in [5.74, 6) is 0.607. The highest BCUT2D eigenvalue weighted by Gasteiger charge is 2.15. The first-order valence-electron chi connectivity index (χ1n) is 6.47. The van der Waals surface area contributed by atoms with Crippen molar-refractivity contribution in [2.24, 2.45) is 7.05 Å². The molecule has 1 atom stereocenters. The van der Waals surface area contributed by atoms with Gasteiger partial charge in [0.1, 0.15) is 17.4 Å². The maximum absolute atomic E-state index is 10.2. The number of rotatable bonds is 4. The molecule has 0 radical (unpaired) electrons. The van der Waals surface area contributed by atoms with Crippen LogP contribution in [0.15, 0.2) is 45.5 Å². The fourth-order valence-electron chi connectivity index (χ4n) is 2.26. The van der Waals surface area contributed by atoms with Crippen molar-refractivity contribution < 1.29 is 9.52 Å². The maximum Gasteiger partial charge on any atom is 0.148 e. The van der Waals surface area contributed by atoms with E-state index in [0.29, 0.717) is 12.2 Å². The van der Waals surface area contributed by atoms with Crippen LogP contribution >= 0.6 is 15.9 Å². The summed E-state index contributed by atoms with van der Waals surface area (Å²) in [4.78, 5) is 0. The number of aryl methyl sites for hydroxylation is 2. The van der Waals surface area contributed by atoms with Crippen molar-refractivity contribution in [2.45, 2.75) is 18.9 Å². The van der Waals surface area contributed by atoms with Crippen LogP contribution in [0, 0.1) is 0 Å². The van der Waals surface area contributed by atoms with Gasteiger partial charge in [-0.15, -0.1) is 0 Å². The summed E-state index contributed by atoms with van der Waals surface area (Å²) in [5, 5.41) is 15.4. The molecule has 0 fully saturated rings. The Kier molecular flexibility index (Phi) is 3.63. The van der Waals surface area contributed by atoms with Gasteiger partial charge in [-0.25, -0.2) is 0 Å². The smallest absolute Gasteiger partial charge is 0.148 e. The Morgan fingerprint density at radius 1 is 1.45 bits per heavy atom. The van der Waals surface area contributed by atoms with E-state index in [1.807, 2.05) is 43.7 Å². The van der Waals surface area contributed by atoms with Gasteiger partial charge in [0.2, 0.25) is 0 Å². The van der Waals surface area contributed by atoms with Gasteiger partial charge >= 0.3 is 0 Å². The third-order valence-corrected chi connectivity index (χ3v) is 3.93. The fourth-order valence-corrected chi connectivity index (χ4v) is 2.72. The molecule has 5 heteroatoms. The molecule has 0 aliphatic rings. The maximum atomic E-state index is 10.2. The standard InChI is InChI=1S/C15H15BrN2O2/c1-18-9-10(8-17-18)5-6-13(19)14-7-11-3-2-4-12(16)15(11)20-14/h2-4,7-9,13,19H,5-6H2,1H3. The number of aromatic nitrogens is 2. The normalized spacial score (nSPS) is 12.9. The number of furan rings is 1. The molecular weight excluding hydrogens is 320 g/mol. The molecule has 3 rings (SSSR count). The zero-order valence-corrected chi connectivity index (χ0v) is 12.7. The summed E-state index contributed by atoms with van der Waals surface area (Å²) in [6, 6.07) is 7.75. The average molecular weight is 335 g/mol. The summed E-state index contributed by atoms with van der Waals surface area (Å²) in [6.45, 7) is 0. The molecule has 0 saturated heterocycles. The number of nitrogens with zero attached hydrogens (tertiary/aromatic N) is 2. The van der Waals surface area contributed by atoms with Crippen molar-refractivity contribution in [3.05, 3.63) is 52.5 Å². The van der Waals surface area contributed by atoms with Crippen LogP contribution in [0.2, 0.25) is 0 Å². The highest BCUT2D eigenvalue weighted by molar-refractivity contribution is 9.10. The second-order valence-corrected chi connectivity index (χ2v) is 5.74. The second kappa shape index (κ2) is 5.42. The van der Waals surface area contributed by atoms with E-state index in [1.54, 1.807) is 4.68 Å². The van der Waals surface area contributed by atoms with Gasteiger partial charge in [-0.3, -0.25) is 4.68 Å². The lowest BCUT2D eigenvalue weighted by molar-refractivity contribution is 0.143. The molecule has 104 valence electrons. The van der Waals surface area contributed by atoms with Crippen LogP contribution in [0.3, 0.4) is 0 Å². The van der Waals surface area contributed by atoms with Crippen LogP contribution < -0.4 is 0 Å². The molecule has 3 aromatic rings. The summed E-state index contributed by atoms with van der Waals surface area (Å²) < 4.78 is 8.40. The van der Waals surface area contributed by atoms with Crippen LogP contribution in [-0.2, 0) is 13.5 Å². The van der Waals surface area contributed by atoms with Crippen molar-refractivity contribution in [1.82, 2.24) is 9.78 Å². The quantitative estimate of drug-likeness (QED) is 0.793. The lowest BCUT2D eigenvalue weighted by Crippen LogP contribution is -1.97. The number of aliphatic hydroxyl groups is 1. The molecule has 0 saturated carbocycles. The number of benzene rings is 1. The van der Waals surface area contributed by atoms with Gasteiger partial charge in [-0.05, 0) is 46.5 Å². The van der Waals surface area contributed by atoms with Gasteiger partial charge in [0.05, 0.1) is 10.7 Å². The van der Waals surface area contributed by atoms with Crippen LogP contribution in [0.4, 0.5) is 0 Å². The monoisotopic (exact) mass is 334 g/mol. The minimum Gasteiger partial charge on any atom is -0.457 e. The highest BCUT2D eigenvalue weighted by atomic mass is 79.9. The Hall–Kier alpha value is -1.59. The third-order valence-electron chi connectivity index (χ3n) is 3.31. The fraction of sp³-hybridized carbons (Fsp3) is 0.267. The molecule has 0 amide bonds. The van der Waals surface area contributed by atoms with Crippen LogP contribution in [-0.4, -0.2) is 14.9 Å². The van der Waals surface area contributed by atoms with E-state index in [9.17, 15) is 5.11 Å². The Labute approximate surface area is 125 Å². The van der Waals surface area contributed by atoms with E-state index in [4.69, 9.17) is 4.42 Å². The van der Waals surface area contributed by atoms with Crippen LogP contribution in [0.25, 0.3) is 11.0 Å². The molecule has 0 aliphatic heterocycles. The van der Waals surface area contributed by atoms with Crippen LogP contribution in [0.1, 0.15) is 23.8 Å². The van der Waals surface area contributed by atoms with Gasteiger partial charge < -0.3 is 9.52 Å². The number of hydrogen-bond donors (Lipinski definition) is 1. The zero-order chi connectivity index (χ0) is 14.1. The van der Waals surface area contributed by atoms with Gasteiger partial charge in [-0.2, -0.15) is 5.10 Å². The molecular formula is C15H15BrN2O2. The SMILES string of the molecule is Cn1cc(CCC(O)c2cc3cccc(Br)c3o2)cn1. The van der Waals surface area contributed by atoms with Crippen LogP contribution in [0.5, 0.6) is 0 Å². The lowest BCUT2D eigenvalue weighted by atomic mass is 10.1. The van der Waals surface area contributed by atoms with Crippen molar-refractivity contribution in [3.8, 4) is 0 Å². The topological polar surface area (TPSA) is 51.2 Å². The summed E-state index contributed by atoms with van der Waals surface area (Å²) in [5.41, 5.74) is 1.90. The predicted molar refractivity (Wildman–Crippen MR) is 80.4 cm³/mol. The first-order valence-corrected chi connectivity index (χ1v) is 7.26. The Bertz CT molecular complexity index is 732. The minimum atomic E-state index is -0.602. The molecule has 0 spiro atoms. The molecule has 0 aliphatic carbocycles. The average Bonchev–Trinajstić information content (AvgIpc) is 3.03.